The number of rotatable bonds is 5. The van der Waals surface area contributed by atoms with Gasteiger partial charge in [0, 0.05) is 12.6 Å². The highest BCUT2D eigenvalue weighted by Gasteiger charge is 2.18. The van der Waals surface area contributed by atoms with Crippen LogP contribution in [0.1, 0.15) is 12.5 Å². The van der Waals surface area contributed by atoms with Gasteiger partial charge in [-0.3, -0.25) is 0 Å². The van der Waals surface area contributed by atoms with Crippen molar-refractivity contribution in [3.8, 4) is 0 Å². The second-order valence-electron chi connectivity index (χ2n) is 3.93. The number of halogens is 2. The van der Waals surface area contributed by atoms with E-state index in [0.29, 0.717) is 6.54 Å². The average Bonchev–Trinajstić information content (AvgIpc) is 2.29. The fraction of sp³-hybridized carbons (Fsp3) is 0.455. The molecule has 0 aliphatic heterocycles. The smallest absolute Gasteiger partial charge is 0.242 e. The summed E-state index contributed by atoms with van der Waals surface area (Å²) >= 11 is 5.99. The molecule has 0 heterocycles. The van der Waals surface area contributed by atoms with E-state index in [0.717, 1.165) is 5.56 Å². The fourth-order valence-electron chi connectivity index (χ4n) is 1.24. The van der Waals surface area contributed by atoms with E-state index in [4.69, 9.17) is 11.6 Å². The number of benzene rings is 1. The third-order valence-corrected chi connectivity index (χ3v) is 4.60. The van der Waals surface area contributed by atoms with Crippen molar-refractivity contribution in [2.24, 2.45) is 0 Å². The molecular weight excluding hydrogens is 295 g/mol. The van der Waals surface area contributed by atoms with Crippen molar-refractivity contribution in [1.29, 1.82) is 0 Å². The van der Waals surface area contributed by atoms with Crippen LogP contribution in [0.3, 0.4) is 0 Å². The Bertz CT molecular complexity index is 492. The van der Waals surface area contributed by atoms with Gasteiger partial charge in [0.1, 0.15) is 4.90 Å². The minimum atomic E-state index is -3.54. The van der Waals surface area contributed by atoms with Crippen molar-refractivity contribution in [1.82, 2.24) is 10.0 Å². The van der Waals surface area contributed by atoms with Gasteiger partial charge in [-0.1, -0.05) is 23.7 Å². The molecule has 0 aliphatic rings. The molecule has 0 amide bonds. The Labute approximate surface area is 120 Å². The van der Waals surface area contributed by atoms with Crippen LogP contribution in [-0.2, 0) is 10.0 Å². The quantitative estimate of drug-likeness (QED) is 0.873. The molecule has 18 heavy (non-hydrogen) atoms. The summed E-state index contributed by atoms with van der Waals surface area (Å²) in [4.78, 5) is 0.127. The number of aryl methyl sites for hydroxylation is 1. The lowest BCUT2D eigenvalue weighted by molar-refractivity contribution is 0.554. The molecule has 0 radical (unpaired) electrons. The maximum atomic E-state index is 12.0. The highest BCUT2D eigenvalue weighted by Crippen LogP contribution is 2.24. The Morgan fingerprint density at radius 3 is 2.56 bits per heavy atom. The van der Waals surface area contributed by atoms with Gasteiger partial charge in [0.2, 0.25) is 10.0 Å². The van der Waals surface area contributed by atoms with Crippen LogP contribution in [0.15, 0.2) is 23.1 Å². The van der Waals surface area contributed by atoms with Crippen LogP contribution in [0.5, 0.6) is 0 Å². The molecule has 2 N–H and O–H groups in total. The van der Waals surface area contributed by atoms with Crippen molar-refractivity contribution < 1.29 is 8.42 Å². The van der Waals surface area contributed by atoms with Crippen LogP contribution in [-0.4, -0.2) is 28.1 Å². The van der Waals surface area contributed by atoms with Crippen LogP contribution in [0.25, 0.3) is 0 Å². The minimum absolute atomic E-state index is 0. The molecule has 0 saturated heterocycles. The first-order chi connectivity index (χ1) is 7.88. The van der Waals surface area contributed by atoms with Crippen molar-refractivity contribution in [3.63, 3.8) is 0 Å². The molecule has 1 aromatic rings. The summed E-state index contributed by atoms with van der Waals surface area (Å²) in [5.41, 5.74) is 0.746. The van der Waals surface area contributed by atoms with E-state index >= 15 is 0 Å². The largest absolute Gasteiger partial charge is 0.316 e. The van der Waals surface area contributed by atoms with Gasteiger partial charge < -0.3 is 5.32 Å². The number of hydrogen-bond acceptors (Lipinski definition) is 3. The molecule has 0 aromatic heterocycles. The van der Waals surface area contributed by atoms with Gasteiger partial charge in [-0.15, -0.1) is 12.4 Å². The van der Waals surface area contributed by atoms with E-state index in [1.165, 1.54) is 6.07 Å². The first kappa shape index (κ1) is 17.7. The zero-order valence-corrected chi connectivity index (χ0v) is 12.9. The van der Waals surface area contributed by atoms with Crippen LogP contribution in [0.2, 0.25) is 5.02 Å². The highest BCUT2D eigenvalue weighted by atomic mass is 35.5. The van der Waals surface area contributed by atoms with Crippen molar-refractivity contribution in [2.75, 3.05) is 13.6 Å². The van der Waals surface area contributed by atoms with E-state index in [-0.39, 0.29) is 28.4 Å². The second kappa shape index (κ2) is 7.31. The maximum Gasteiger partial charge on any atom is 0.242 e. The first-order valence-corrected chi connectivity index (χ1v) is 7.16. The summed E-state index contributed by atoms with van der Waals surface area (Å²) in [5, 5.41) is 3.23. The maximum absolute atomic E-state index is 12.0. The molecule has 7 heteroatoms. The number of sulfonamides is 1. The van der Waals surface area contributed by atoms with Crippen LogP contribution in [0.4, 0.5) is 0 Å². The molecule has 1 aromatic carbocycles. The summed E-state index contributed by atoms with van der Waals surface area (Å²) in [7, 11) is -1.76. The Hall–Kier alpha value is -0.330. The van der Waals surface area contributed by atoms with Crippen molar-refractivity contribution in [3.05, 3.63) is 28.8 Å². The lowest BCUT2D eigenvalue weighted by Crippen LogP contribution is -2.37. The van der Waals surface area contributed by atoms with Gasteiger partial charge in [0.05, 0.1) is 5.02 Å². The number of hydrogen-bond donors (Lipinski definition) is 2. The average molecular weight is 313 g/mol. The fourth-order valence-corrected chi connectivity index (χ4v) is 2.95. The predicted molar refractivity (Wildman–Crippen MR) is 77.1 cm³/mol. The zero-order chi connectivity index (χ0) is 13.1. The van der Waals surface area contributed by atoms with Crippen molar-refractivity contribution in [2.45, 2.75) is 24.8 Å². The lowest BCUT2D eigenvalue weighted by atomic mass is 10.2. The van der Waals surface area contributed by atoms with E-state index in [9.17, 15) is 8.42 Å². The summed E-state index contributed by atoms with van der Waals surface area (Å²) in [6.07, 6.45) is 0. The van der Waals surface area contributed by atoms with Crippen LogP contribution in [0, 0.1) is 6.92 Å². The number of likely N-dealkylation sites (N-methyl/N-ethyl adjacent to an activating group) is 1. The Balaban J connectivity index is 0.00000289. The molecule has 1 unspecified atom stereocenters. The summed E-state index contributed by atoms with van der Waals surface area (Å²) < 4.78 is 26.5. The predicted octanol–water partition coefficient (Wildman–Crippen LogP) is 1.96. The molecule has 1 rings (SSSR count). The summed E-state index contributed by atoms with van der Waals surface area (Å²) in [6.45, 7) is 3.99. The molecule has 1 atom stereocenters. The Morgan fingerprint density at radius 2 is 2.00 bits per heavy atom. The van der Waals surface area contributed by atoms with Crippen LogP contribution >= 0.6 is 24.0 Å². The third-order valence-electron chi connectivity index (χ3n) is 2.52. The van der Waals surface area contributed by atoms with Gasteiger partial charge in [0.25, 0.3) is 0 Å². The molecule has 0 aliphatic carbocycles. The minimum Gasteiger partial charge on any atom is -0.316 e. The van der Waals surface area contributed by atoms with Gasteiger partial charge >= 0.3 is 0 Å². The Morgan fingerprint density at radius 1 is 1.39 bits per heavy atom. The molecule has 0 saturated carbocycles. The van der Waals surface area contributed by atoms with Gasteiger partial charge in [-0.2, -0.15) is 0 Å². The molecular formula is C11H18Cl2N2O2S. The van der Waals surface area contributed by atoms with Crippen molar-refractivity contribution >= 4 is 34.0 Å². The van der Waals surface area contributed by atoms with Gasteiger partial charge in [-0.25, -0.2) is 13.1 Å². The zero-order valence-electron chi connectivity index (χ0n) is 10.5. The van der Waals surface area contributed by atoms with Gasteiger partial charge in [0.15, 0.2) is 0 Å². The van der Waals surface area contributed by atoms with Crippen LogP contribution < -0.4 is 10.0 Å². The van der Waals surface area contributed by atoms with E-state index in [1.807, 2.05) is 6.92 Å². The monoisotopic (exact) mass is 312 g/mol. The molecule has 4 nitrogen and oxygen atoms in total. The topological polar surface area (TPSA) is 58.2 Å². The van der Waals surface area contributed by atoms with E-state index in [2.05, 4.69) is 10.0 Å². The molecule has 0 bridgehead atoms. The van der Waals surface area contributed by atoms with E-state index in [1.54, 1.807) is 26.1 Å². The highest BCUT2D eigenvalue weighted by molar-refractivity contribution is 7.89. The first-order valence-electron chi connectivity index (χ1n) is 5.30. The molecule has 104 valence electrons. The Kier molecular flexibility index (Phi) is 7.17. The third kappa shape index (κ3) is 4.40. The standard InChI is InChI=1S/C11H17ClN2O2S.ClH/c1-8-5-4-6-10(11(8)12)17(15,16)14-7-9(2)13-3;/h4-6,9,13-14H,7H2,1-3H3;1H. The molecule has 0 spiro atoms. The SMILES string of the molecule is CNC(C)CNS(=O)(=O)c1cccc(C)c1Cl.Cl. The summed E-state index contributed by atoms with van der Waals surface area (Å²) in [5.74, 6) is 0. The van der Waals surface area contributed by atoms with Gasteiger partial charge in [-0.05, 0) is 32.5 Å². The second-order valence-corrected chi connectivity index (χ2v) is 6.04. The summed E-state index contributed by atoms with van der Waals surface area (Å²) in [6, 6.07) is 5.02. The normalized spacial score (nSPS) is 12.9. The van der Waals surface area contributed by atoms with E-state index < -0.39 is 10.0 Å². The number of nitrogens with one attached hydrogen (secondary N) is 2. The molecule has 0 fully saturated rings. The lowest BCUT2D eigenvalue weighted by Gasteiger charge is -2.13.